The van der Waals surface area contributed by atoms with Gasteiger partial charge in [-0.2, -0.15) is 0 Å². The lowest BCUT2D eigenvalue weighted by Gasteiger charge is -2.21. The van der Waals surface area contributed by atoms with E-state index in [2.05, 4.69) is 25.0 Å². The van der Waals surface area contributed by atoms with Gasteiger partial charge in [0.2, 0.25) is 0 Å². The Balaban J connectivity index is 1.95. The fourth-order valence-corrected chi connectivity index (χ4v) is 3.27. The molecule has 0 radical (unpaired) electrons. The molecule has 1 aliphatic carbocycles. The Kier molecular flexibility index (Phi) is 7.50. The molecular weight excluding hydrogens is 254 g/mol. The smallest absolute Gasteiger partial charge is 0.407 e. The van der Waals surface area contributed by atoms with Crippen LogP contribution in [-0.2, 0) is 4.74 Å². The van der Waals surface area contributed by atoms with E-state index in [1.807, 2.05) is 0 Å². The summed E-state index contributed by atoms with van der Waals surface area (Å²) in [5, 5.41) is 2.86. The molecule has 4 heteroatoms. The Morgan fingerprint density at radius 3 is 2.53 bits per heavy atom. The van der Waals surface area contributed by atoms with E-state index in [4.69, 9.17) is 4.74 Å². The van der Waals surface area contributed by atoms with Crippen LogP contribution in [0.1, 0.15) is 44.9 Å². The van der Waals surface area contributed by atoms with Gasteiger partial charge >= 0.3 is 6.09 Å². The highest BCUT2D eigenvalue weighted by Crippen LogP contribution is 2.26. The van der Waals surface area contributed by atoms with E-state index in [-0.39, 0.29) is 6.09 Å². The second kappa shape index (κ2) is 8.62. The van der Waals surface area contributed by atoms with Gasteiger partial charge in [-0.3, -0.25) is 0 Å². The number of carbonyl (C=O) groups is 1. The minimum atomic E-state index is -1.09. The van der Waals surface area contributed by atoms with Crippen molar-refractivity contribution in [2.45, 2.75) is 70.6 Å². The van der Waals surface area contributed by atoms with Crippen LogP contribution in [0.4, 0.5) is 4.79 Å². The second-order valence-electron chi connectivity index (χ2n) is 7.02. The number of hydrogen-bond donors (Lipinski definition) is 1. The van der Waals surface area contributed by atoms with Gasteiger partial charge in [0.15, 0.2) is 0 Å². The average Bonchev–Trinajstić information content (AvgIpc) is 2.34. The van der Waals surface area contributed by atoms with Crippen molar-refractivity contribution in [1.29, 1.82) is 0 Å². The molecule has 3 nitrogen and oxygen atoms in total. The zero-order chi connectivity index (χ0) is 14.1. The molecule has 0 heterocycles. The second-order valence-corrected chi connectivity index (χ2v) is 12.6. The molecular formula is C15H31NO2Si. The van der Waals surface area contributed by atoms with E-state index >= 15 is 0 Å². The Bertz CT molecular complexity index is 257. The first kappa shape index (κ1) is 16.5. The van der Waals surface area contributed by atoms with Crippen LogP contribution in [0.2, 0.25) is 25.7 Å². The van der Waals surface area contributed by atoms with Crippen LogP contribution in [0.5, 0.6) is 0 Å². The third kappa shape index (κ3) is 9.08. The maximum Gasteiger partial charge on any atom is 0.407 e. The summed E-state index contributed by atoms with van der Waals surface area (Å²) in [6.07, 6.45) is 9.11. The molecule has 1 fully saturated rings. The third-order valence-electron chi connectivity index (χ3n) is 3.87. The molecule has 0 saturated heterocycles. The van der Waals surface area contributed by atoms with Crippen LogP contribution in [0.15, 0.2) is 0 Å². The zero-order valence-electron chi connectivity index (χ0n) is 13.0. The van der Waals surface area contributed by atoms with E-state index < -0.39 is 8.07 Å². The molecule has 0 aromatic carbocycles. The van der Waals surface area contributed by atoms with E-state index in [0.717, 1.165) is 24.9 Å². The first-order valence-corrected chi connectivity index (χ1v) is 11.6. The lowest BCUT2D eigenvalue weighted by atomic mass is 9.86. The predicted octanol–water partition coefficient (Wildman–Crippen LogP) is 4.41. The van der Waals surface area contributed by atoms with Gasteiger partial charge in [-0.05, 0) is 24.8 Å². The SMILES string of the molecule is C[Si](C)(C)CCOC(=O)NCCCC1CCCCC1. The predicted molar refractivity (Wildman–Crippen MR) is 83.3 cm³/mol. The molecule has 0 atom stereocenters. The quantitative estimate of drug-likeness (QED) is 0.556. The van der Waals surface area contributed by atoms with Crippen LogP contribution in [0.3, 0.4) is 0 Å². The van der Waals surface area contributed by atoms with Crippen molar-refractivity contribution in [3.05, 3.63) is 0 Å². The largest absolute Gasteiger partial charge is 0.450 e. The summed E-state index contributed by atoms with van der Waals surface area (Å²) in [6, 6.07) is 1.04. The fraction of sp³-hybridized carbons (Fsp3) is 0.933. The first-order valence-electron chi connectivity index (χ1n) is 7.88. The standard InChI is InChI=1S/C15H31NO2Si/c1-19(2,3)13-12-18-15(17)16-11-7-10-14-8-5-4-6-9-14/h14H,4-13H2,1-3H3,(H,16,17). The maximum atomic E-state index is 11.5. The summed E-state index contributed by atoms with van der Waals surface area (Å²) in [5.74, 6) is 0.901. The Labute approximate surface area is 119 Å². The maximum absolute atomic E-state index is 11.5. The molecule has 0 aromatic rings. The molecule has 0 unspecified atom stereocenters. The third-order valence-corrected chi connectivity index (χ3v) is 5.57. The number of amides is 1. The van der Waals surface area contributed by atoms with Crippen LogP contribution in [0.25, 0.3) is 0 Å². The van der Waals surface area contributed by atoms with Crippen molar-refractivity contribution in [2.24, 2.45) is 5.92 Å². The van der Waals surface area contributed by atoms with Crippen molar-refractivity contribution in [2.75, 3.05) is 13.2 Å². The van der Waals surface area contributed by atoms with Gasteiger partial charge in [0.25, 0.3) is 0 Å². The molecule has 0 spiro atoms. The molecule has 1 N–H and O–H groups in total. The van der Waals surface area contributed by atoms with E-state index in [0.29, 0.717) is 6.61 Å². The molecule has 0 aliphatic heterocycles. The number of alkyl carbamates (subject to hydrolysis) is 1. The van der Waals surface area contributed by atoms with Gasteiger partial charge in [-0.15, -0.1) is 0 Å². The molecule has 0 aromatic heterocycles. The zero-order valence-corrected chi connectivity index (χ0v) is 14.0. The van der Waals surface area contributed by atoms with Crippen molar-refractivity contribution in [1.82, 2.24) is 5.32 Å². The minimum absolute atomic E-state index is 0.234. The van der Waals surface area contributed by atoms with Gasteiger partial charge < -0.3 is 10.1 Å². The summed E-state index contributed by atoms with van der Waals surface area (Å²) >= 11 is 0. The summed E-state index contributed by atoms with van der Waals surface area (Å²) < 4.78 is 5.19. The molecule has 0 bridgehead atoms. The number of hydrogen-bond acceptors (Lipinski definition) is 2. The Morgan fingerprint density at radius 1 is 1.21 bits per heavy atom. The Hall–Kier alpha value is -0.513. The summed E-state index contributed by atoms with van der Waals surface area (Å²) in [7, 11) is -1.09. The van der Waals surface area contributed by atoms with Gasteiger partial charge in [0.05, 0.1) is 6.61 Å². The van der Waals surface area contributed by atoms with Gasteiger partial charge in [0.1, 0.15) is 0 Å². The molecule has 1 rings (SSSR count). The van der Waals surface area contributed by atoms with Gasteiger partial charge in [-0.1, -0.05) is 51.7 Å². The normalized spacial score (nSPS) is 17.2. The number of carbonyl (C=O) groups excluding carboxylic acids is 1. The topological polar surface area (TPSA) is 38.3 Å². The van der Waals surface area contributed by atoms with Crippen molar-refractivity contribution in [3.8, 4) is 0 Å². The van der Waals surface area contributed by atoms with Gasteiger partial charge in [0, 0.05) is 14.6 Å². The van der Waals surface area contributed by atoms with E-state index in [1.54, 1.807) is 0 Å². The first-order chi connectivity index (χ1) is 8.97. The van der Waals surface area contributed by atoms with Crippen molar-refractivity contribution >= 4 is 14.2 Å². The average molecular weight is 286 g/mol. The highest BCUT2D eigenvalue weighted by Gasteiger charge is 2.14. The highest BCUT2D eigenvalue weighted by atomic mass is 28.3. The molecule has 1 aliphatic rings. The van der Waals surface area contributed by atoms with Crippen LogP contribution < -0.4 is 5.32 Å². The minimum Gasteiger partial charge on any atom is -0.450 e. The summed E-state index contributed by atoms with van der Waals surface area (Å²) in [6.45, 7) is 8.21. The number of nitrogens with one attached hydrogen (secondary N) is 1. The van der Waals surface area contributed by atoms with Crippen LogP contribution >= 0.6 is 0 Å². The highest BCUT2D eigenvalue weighted by molar-refractivity contribution is 6.76. The van der Waals surface area contributed by atoms with E-state index in [1.165, 1.54) is 38.5 Å². The van der Waals surface area contributed by atoms with Crippen LogP contribution in [-0.4, -0.2) is 27.3 Å². The lowest BCUT2D eigenvalue weighted by Crippen LogP contribution is -2.28. The Morgan fingerprint density at radius 2 is 1.89 bits per heavy atom. The summed E-state index contributed by atoms with van der Waals surface area (Å²) in [5.41, 5.74) is 0. The lowest BCUT2D eigenvalue weighted by molar-refractivity contribution is 0.151. The van der Waals surface area contributed by atoms with E-state index in [9.17, 15) is 4.79 Å². The van der Waals surface area contributed by atoms with Crippen molar-refractivity contribution in [3.63, 3.8) is 0 Å². The van der Waals surface area contributed by atoms with Crippen LogP contribution in [0, 0.1) is 5.92 Å². The summed E-state index contributed by atoms with van der Waals surface area (Å²) in [4.78, 5) is 11.5. The number of rotatable bonds is 7. The molecule has 112 valence electrons. The molecule has 1 amide bonds. The monoisotopic (exact) mass is 285 g/mol. The number of ether oxygens (including phenoxy) is 1. The molecule has 1 saturated carbocycles. The van der Waals surface area contributed by atoms with Crippen molar-refractivity contribution < 1.29 is 9.53 Å². The fourth-order valence-electron chi connectivity index (χ4n) is 2.56. The molecule has 19 heavy (non-hydrogen) atoms. The van der Waals surface area contributed by atoms with Gasteiger partial charge in [-0.25, -0.2) is 4.79 Å².